The predicted octanol–water partition coefficient (Wildman–Crippen LogP) is 3.33. The summed E-state index contributed by atoms with van der Waals surface area (Å²) < 4.78 is 5.14. The van der Waals surface area contributed by atoms with Gasteiger partial charge in [0.05, 0.1) is 29.6 Å². The summed E-state index contributed by atoms with van der Waals surface area (Å²) in [6.07, 6.45) is 0. The molecule has 156 valence electrons. The van der Waals surface area contributed by atoms with Crippen molar-refractivity contribution in [2.45, 2.75) is 13.8 Å². The van der Waals surface area contributed by atoms with E-state index in [4.69, 9.17) is 4.74 Å². The van der Waals surface area contributed by atoms with Crippen molar-refractivity contribution in [3.8, 4) is 17.0 Å². The van der Waals surface area contributed by atoms with Crippen LogP contribution >= 0.6 is 0 Å². The molecule has 4 aromatic rings. The van der Waals surface area contributed by atoms with Crippen LogP contribution in [0.2, 0.25) is 0 Å². The van der Waals surface area contributed by atoms with E-state index in [1.807, 2.05) is 49.4 Å². The second-order valence-corrected chi connectivity index (χ2v) is 7.12. The molecule has 8 nitrogen and oxygen atoms in total. The third kappa shape index (κ3) is 4.23. The minimum atomic E-state index is -0.511. The number of nitrogens with one attached hydrogen (secondary N) is 3. The van der Waals surface area contributed by atoms with Gasteiger partial charge in [-0.2, -0.15) is 5.10 Å². The maximum absolute atomic E-state index is 12.6. The normalized spacial score (nSPS) is 10.7. The number of H-pyrrole nitrogens is 1. The van der Waals surface area contributed by atoms with Crippen LogP contribution in [-0.4, -0.2) is 34.1 Å². The fourth-order valence-corrected chi connectivity index (χ4v) is 3.20. The third-order valence-electron chi connectivity index (χ3n) is 4.91. The summed E-state index contributed by atoms with van der Waals surface area (Å²) in [6.45, 7) is 3.75. The zero-order valence-electron chi connectivity index (χ0n) is 17.3. The van der Waals surface area contributed by atoms with E-state index in [9.17, 15) is 9.59 Å². The van der Waals surface area contributed by atoms with Gasteiger partial charge in [0.25, 0.3) is 11.8 Å². The molecule has 31 heavy (non-hydrogen) atoms. The highest BCUT2D eigenvalue weighted by Crippen LogP contribution is 2.21. The Morgan fingerprint density at radius 2 is 1.68 bits per heavy atom. The fourth-order valence-electron chi connectivity index (χ4n) is 3.20. The lowest BCUT2D eigenvalue weighted by Crippen LogP contribution is -2.42. The molecule has 0 atom stereocenters. The molecule has 2 amide bonds. The summed E-state index contributed by atoms with van der Waals surface area (Å²) in [5.41, 5.74) is 9.37. The number of pyridine rings is 1. The third-order valence-corrected chi connectivity index (χ3v) is 4.91. The van der Waals surface area contributed by atoms with Crippen molar-refractivity contribution in [2.75, 3.05) is 7.11 Å². The van der Waals surface area contributed by atoms with Crippen LogP contribution < -0.4 is 15.6 Å². The van der Waals surface area contributed by atoms with Crippen molar-refractivity contribution < 1.29 is 14.3 Å². The molecule has 4 rings (SSSR count). The highest BCUT2D eigenvalue weighted by molar-refractivity contribution is 6.01. The molecule has 8 heteroatoms. The van der Waals surface area contributed by atoms with E-state index in [2.05, 4.69) is 26.0 Å². The molecule has 3 N–H and O–H groups in total. The molecule has 0 bridgehead atoms. The van der Waals surface area contributed by atoms with E-state index in [1.54, 1.807) is 26.2 Å². The molecule has 0 spiro atoms. The number of hydrogen-bond acceptors (Lipinski definition) is 5. The largest absolute Gasteiger partial charge is 0.497 e. The summed E-state index contributed by atoms with van der Waals surface area (Å²) in [5, 5.41) is 7.69. The van der Waals surface area contributed by atoms with Crippen LogP contribution in [-0.2, 0) is 0 Å². The quantitative estimate of drug-likeness (QED) is 0.443. The molecular formula is C23H21N5O3. The van der Waals surface area contributed by atoms with Gasteiger partial charge in [0.2, 0.25) is 0 Å². The standard InChI is InChI=1S/C23H21N5O3/c1-13-4-5-16-11-18(14(2)24-19(16)10-13)22(29)27-28-23(30)21-12-20(25-26-21)15-6-8-17(31-3)9-7-15/h4-12H,1-3H3,(H,25,26)(H,27,29)(H,28,30). The molecule has 0 saturated carbocycles. The Balaban J connectivity index is 1.44. The number of fused-ring (bicyclic) bond motifs is 1. The van der Waals surface area contributed by atoms with Gasteiger partial charge in [-0.25, -0.2) is 0 Å². The number of aromatic amines is 1. The zero-order valence-corrected chi connectivity index (χ0v) is 17.3. The highest BCUT2D eigenvalue weighted by atomic mass is 16.5. The first-order valence-electron chi connectivity index (χ1n) is 9.63. The number of methoxy groups -OCH3 is 1. The maximum Gasteiger partial charge on any atom is 0.287 e. The molecule has 0 radical (unpaired) electrons. The van der Waals surface area contributed by atoms with Crippen molar-refractivity contribution in [2.24, 2.45) is 0 Å². The van der Waals surface area contributed by atoms with Crippen molar-refractivity contribution in [3.63, 3.8) is 0 Å². The Kier molecular flexibility index (Phi) is 5.36. The van der Waals surface area contributed by atoms with Gasteiger partial charge in [0.15, 0.2) is 0 Å². The van der Waals surface area contributed by atoms with Crippen LogP contribution in [0.15, 0.2) is 54.6 Å². The van der Waals surface area contributed by atoms with Crippen LogP contribution in [0.5, 0.6) is 5.75 Å². The summed E-state index contributed by atoms with van der Waals surface area (Å²) in [6, 6.07) is 16.5. The average Bonchev–Trinajstić information content (AvgIpc) is 3.27. The van der Waals surface area contributed by atoms with E-state index in [1.165, 1.54) is 0 Å². The van der Waals surface area contributed by atoms with Gasteiger partial charge in [-0.1, -0.05) is 12.1 Å². The number of benzene rings is 2. The number of hydrogen-bond donors (Lipinski definition) is 3. The van der Waals surface area contributed by atoms with Gasteiger partial charge in [0.1, 0.15) is 11.4 Å². The number of ether oxygens (including phenoxy) is 1. The highest BCUT2D eigenvalue weighted by Gasteiger charge is 2.15. The number of carbonyl (C=O) groups excluding carboxylic acids is 2. The van der Waals surface area contributed by atoms with Gasteiger partial charge in [-0.3, -0.25) is 30.5 Å². The van der Waals surface area contributed by atoms with Gasteiger partial charge >= 0.3 is 0 Å². The summed E-state index contributed by atoms with van der Waals surface area (Å²) in [4.78, 5) is 29.5. The van der Waals surface area contributed by atoms with Crippen molar-refractivity contribution in [3.05, 3.63) is 77.1 Å². The van der Waals surface area contributed by atoms with Crippen LogP contribution in [0.1, 0.15) is 32.1 Å². The van der Waals surface area contributed by atoms with Crippen molar-refractivity contribution >= 4 is 22.7 Å². The van der Waals surface area contributed by atoms with Crippen LogP contribution in [0.4, 0.5) is 0 Å². The number of rotatable bonds is 4. The lowest BCUT2D eigenvalue weighted by molar-refractivity contribution is 0.0843. The topological polar surface area (TPSA) is 109 Å². The summed E-state index contributed by atoms with van der Waals surface area (Å²) in [5.74, 6) is -0.230. The monoisotopic (exact) mass is 415 g/mol. The molecule has 0 fully saturated rings. The van der Waals surface area contributed by atoms with E-state index < -0.39 is 11.8 Å². The number of amides is 2. The molecule has 0 saturated heterocycles. The Labute approximate surface area is 178 Å². The number of aryl methyl sites for hydroxylation is 2. The van der Waals surface area contributed by atoms with Gasteiger partial charge in [0, 0.05) is 10.9 Å². The SMILES string of the molecule is COc1ccc(-c2cc(C(=O)NNC(=O)c3cc4ccc(C)cc4nc3C)[nH]n2)cc1. The summed E-state index contributed by atoms with van der Waals surface area (Å²) >= 11 is 0. The summed E-state index contributed by atoms with van der Waals surface area (Å²) in [7, 11) is 1.59. The van der Waals surface area contributed by atoms with Crippen LogP contribution in [0, 0.1) is 13.8 Å². The number of aromatic nitrogens is 3. The van der Waals surface area contributed by atoms with Gasteiger partial charge in [-0.15, -0.1) is 0 Å². The van der Waals surface area contributed by atoms with Gasteiger partial charge in [-0.05, 0) is 61.9 Å². The van der Waals surface area contributed by atoms with Crippen LogP contribution in [0.25, 0.3) is 22.2 Å². The zero-order chi connectivity index (χ0) is 22.0. The smallest absolute Gasteiger partial charge is 0.287 e. The lowest BCUT2D eigenvalue weighted by atomic mass is 10.1. The van der Waals surface area contributed by atoms with Gasteiger partial charge < -0.3 is 4.74 Å². The first-order valence-corrected chi connectivity index (χ1v) is 9.63. The van der Waals surface area contributed by atoms with E-state index >= 15 is 0 Å². The molecule has 0 aliphatic carbocycles. The maximum atomic E-state index is 12.6. The molecule has 0 unspecified atom stereocenters. The number of nitrogens with zero attached hydrogens (tertiary/aromatic N) is 2. The lowest BCUT2D eigenvalue weighted by Gasteiger charge is -2.09. The second kappa shape index (κ2) is 8.27. The van der Waals surface area contributed by atoms with Crippen LogP contribution in [0.3, 0.4) is 0 Å². The minimum absolute atomic E-state index is 0.218. The minimum Gasteiger partial charge on any atom is -0.497 e. The molecule has 2 aromatic carbocycles. The Hall–Kier alpha value is -4.20. The molecular weight excluding hydrogens is 394 g/mol. The predicted molar refractivity (Wildman–Crippen MR) is 117 cm³/mol. The Morgan fingerprint density at radius 1 is 0.935 bits per heavy atom. The average molecular weight is 415 g/mol. The number of carbonyl (C=O) groups is 2. The molecule has 2 heterocycles. The van der Waals surface area contributed by atoms with E-state index in [0.717, 1.165) is 27.8 Å². The molecule has 2 aromatic heterocycles. The van der Waals surface area contributed by atoms with Crippen molar-refractivity contribution in [1.29, 1.82) is 0 Å². The number of hydrazine groups is 1. The Morgan fingerprint density at radius 3 is 2.42 bits per heavy atom. The fraction of sp³-hybridized carbons (Fsp3) is 0.130. The second-order valence-electron chi connectivity index (χ2n) is 7.12. The van der Waals surface area contributed by atoms with E-state index in [-0.39, 0.29) is 5.69 Å². The molecule has 0 aliphatic rings. The van der Waals surface area contributed by atoms with E-state index in [0.29, 0.717) is 17.0 Å². The first kappa shape index (κ1) is 20.1. The molecule has 0 aliphatic heterocycles. The Bertz CT molecular complexity index is 1280. The first-order chi connectivity index (χ1) is 14.9. The van der Waals surface area contributed by atoms with Crippen molar-refractivity contribution in [1.82, 2.24) is 26.0 Å².